The van der Waals surface area contributed by atoms with Crippen molar-refractivity contribution in [1.29, 1.82) is 5.26 Å². The van der Waals surface area contributed by atoms with Crippen LogP contribution in [0.1, 0.15) is 18.9 Å². The van der Waals surface area contributed by atoms with E-state index in [4.69, 9.17) is 10.00 Å². The molecular weight excluding hydrogens is 212 g/mol. The van der Waals surface area contributed by atoms with Gasteiger partial charge in [-0.05, 0) is 31.0 Å². The summed E-state index contributed by atoms with van der Waals surface area (Å²) >= 11 is 0. The number of methoxy groups -OCH3 is 1. The van der Waals surface area contributed by atoms with Gasteiger partial charge in [-0.2, -0.15) is 5.26 Å². The lowest BCUT2D eigenvalue weighted by atomic mass is 10.1. The second-order valence-corrected chi connectivity index (χ2v) is 4.00. The zero-order valence-corrected chi connectivity index (χ0v) is 10.6. The largest absolute Gasteiger partial charge is 0.496 e. The average Bonchev–Trinajstić information content (AvgIpc) is 2.39. The number of ether oxygens (including phenoxy) is 1. The van der Waals surface area contributed by atoms with Gasteiger partial charge in [-0.1, -0.05) is 25.1 Å². The van der Waals surface area contributed by atoms with Crippen LogP contribution in [0.5, 0.6) is 5.75 Å². The number of hydrogen-bond acceptors (Lipinski definition) is 3. The van der Waals surface area contributed by atoms with Crippen LogP contribution in [0, 0.1) is 17.2 Å². The van der Waals surface area contributed by atoms with Gasteiger partial charge in [0.05, 0.1) is 19.1 Å². The van der Waals surface area contributed by atoms with Crippen molar-refractivity contribution in [2.45, 2.75) is 19.8 Å². The molecule has 0 spiro atoms. The quantitative estimate of drug-likeness (QED) is 0.734. The number of benzene rings is 1. The van der Waals surface area contributed by atoms with Crippen LogP contribution in [0.4, 0.5) is 0 Å². The Bertz CT molecular complexity index is 371. The van der Waals surface area contributed by atoms with Crippen LogP contribution < -0.4 is 10.1 Å². The number of nitrogens with zero attached hydrogens (tertiary/aromatic N) is 1. The van der Waals surface area contributed by atoms with Gasteiger partial charge in [0, 0.05) is 6.54 Å². The third-order valence-corrected chi connectivity index (χ3v) is 2.83. The number of nitriles is 1. The third-order valence-electron chi connectivity index (χ3n) is 2.83. The highest BCUT2D eigenvalue weighted by Crippen LogP contribution is 2.17. The average molecular weight is 232 g/mol. The Kier molecular flexibility index (Phi) is 6.13. The fourth-order valence-electron chi connectivity index (χ4n) is 1.69. The Balaban J connectivity index is 2.34. The van der Waals surface area contributed by atoms with Crippen molar-refractivity contribution in [2.75, 3.05) is 20.2 Å². The molecule has 0 heterocycles. The molecule has 0 aromatic heterocycles. The van der Waals surface area contributed by atoms with Gasteiger partial charge in [-0.3, -0.25) is 0 Å². The summed E-state index contributed by atoms with van der Waals surface area (Å²) in [5.41, 5.74) is 1.20. The monoisotopic (exact) mass is 232 g/mol. The van der Waals surface area contributed by atoms with E-state index in [-0.39, 0.29) is 5.92 Å². The lowest BCUT2D eigenvalue weighted by Gasteiger charge is -2.10. The molecule has 0 aliphatic rings. The van der Waals surface area contributed by atoms with Crippen LogP contribution in [0.3, 0.4) is 0 Å². The molecule has 92 valence electrons. The molecule has 1 atom stereocenters. The molecule has 0 bridgehead atoms. The van der Waals surface area contributed by atoms with Gasteiger partial charge >= 0.3 is 0 Å². The fraction of sp³-hybridized carbons (Fsp3) is 0.500. The van der Waals surface area contributed by atoms with Gasteiger partial charge in [0.1, 0.15) is 5.75 Å². The van der Waals surface area contributed by atoms with Crippen molar-refractivity contribution >= 4 is 0 Å². The number of rotatable bonds is 7. The van der Waals surface area contributed by atoms with Crippen molar-refractivity contribution < 1.29 is 4.74 Å². The third kappa shape index (κ3) is 4.46. The van der Waals surface area contributed by atoms with E-state index >= 15 is 0 Å². The molecule has 0 aliphatic heterocycles. The molecule has 0 aliphatic carbocycles. The maximum atomic E-state index is 8.81. The van der Waals surface area contributed by atoms with Gasteiger partial charge in [0.2, 0.25) is 0 Å². The highest BCUT2D eigenvalue weighted by atomic mass is 16.5. The summed E-state index contributed by atoms with van der Waals surface area (Å²) in [5, 5.41) is 12.1. The summed E-state index contributed by atoms with van der Waals surface area (Å²) in [6.45, 7) is 3.68. The molecule has 1 aromatic rings. The molecule has 0 saturated carbocycles. The van der Waals surface area contributed by atoms with Gasteiger partial charge in [-0.25, -0.2) is 0 Å². The second-order valence-electron chi connectivity index (χ2n) is 4.00. The first-order chi connectivity index (χ1) is 8.31. The van der Waals surface area contributed by atoms with Gasteiger partial charge < -0.3 is 10.1 Å². The van der Waals surface area contributed by atoms with E-state index in [9.17, 15) is 0 Å². The molecule has 0 amide bonds. The lowest BCUT2D eigenvalue weighted by molar-refractivity contribution is 0.409. The van der Waals surface area contributed by atoms with Crippen molar-refractivity contribution in [3.8, 4) is 11.8 Å². The molecule has 17 heavy (non-hydrogen) atoms. The summed E-state index contributed by atoms with van der Waals surface area (Å²) in [5.74, 6) is 1.05. The predicted octanol–water partition coefficient (Wildman–Crippen LogP) is 2.38. The standard InChI is InChI=1S/C14H20N2O/c1-3-12(10-15)11-16-9-8-13-6-4-5-7-14(13)17-2/h4-7,12,16H,3,8-9,11H2,1-2H3. The molecule has 1 unspecified atom stereocenters. The zero-order valence-electron chi connectivity index (χ0n) is 10.6. The molecule has 3 heteroatoms. The normalized spacial score (nSPS) is 11.8. The number of para-hydroxylation sites is 1. The Morgan fingerprint density at radius 3 is 2.82 bits per heavy atom. The van der Waals surface area contributed by atoms with Crippen LogP contribution >= 0.6 is 0 Å². The van der Waals surface area contributed by atoms with Crippen LogP contribution in [0.15, 0.2) is 24.3 Å². The zero-order chi connectivity index (χ0) is 12.5. The summed E-state index contributed by atoms with van der Waals surface area (Å²) in [4.78, 5) is 0. The summed E-state index contributed by atoms with van der Waals surface area (Å²) < 4.78 is 5.29. The smallest absolute Gasteiger partial charge is 0.122 e. The second kappa shape index (κ2) is 7.70. The lowest BCUT2D eigenvalue weighted by Crippen LogP contribution is -2.24. The number of nitrogens with one attached hydrogen (secondary N) is 1. The van der Waals surface area contributed by atoms with Gasteiger partial charge in [0.25, 0.3) is 0 Å². The Hall–Kier alpha value is -1.53. The Morgan fingerprint density at radius 2 is 2.18 bits per heavy atom. The molecule has 0 saturated heterocycles. The first-order valence-electron chi connectivity index (χ1n) is 6.04. The molecule has 3 nitrogen and oxygen atoms in total. The minimum atomic E-state index is 0.118. The molecule has 0 radical (unpaired) electrons. The SMILES string of the molecule is CCC(C#N)CNCCc1ccccc1OC. The van der Waals surface area contributed by atoms with Gasteiger partial charge in [-0.15, -0.1) is 0 Å². The van der Waals surface area contributed by atoms with E-state index in [1.54, 1.807) is 7.11 Å². The van der Waals surface area contributed by atoms with E-state index in [2.05, 4.69) is 17.5 Å². The number of hydrogen-bond donors (Lipinski definition) is 1. The van der Waals surface area contributed by atoms with Crippen molar-refractivity contribution in [2.24, 2.45) is 5.92 Å². The molecule has 1 aromatic carbocycles. The molecule has 1 N–H and O–H groups in total. The van der Waals surface area contributed by atoms with Crippen LogP contribution in [0.25, 0.3) is 0 Å². The minimum absolute atomic E-state index is 0.118. The first kappa shape index (κ1) is 13.5. The highest BCUT2D eigenvalue weighted by molar-refractivity contribution is 5.33. The van der Waals surface area contributed by atoms with E-state index in [1.807, 2.05) is 25.1 Å². The topological polar surface area (TPSA) is 45.0 Å². The van der Waals surface area contributed by atoms with E-state index < -0.39 is 0 Å². The maximum Gasteiger partial charge on any atom is 0.122 e. The summed E-state index contributed by atoms with van der Waals surface area (Å²) in [6.07, 6.45) is 1.82. The van der Waals surface area contributed by atoms with E-state index in [0.717, 1.165) is 31.7 Å². The van der Waals surface area contributed by atoms with Crippen LogP contribution in [0.2, 0.25) is 0 Å². The first-order valence-corrected chi connectivity index (χ1v) is 6.04. The summed E-state index contributed by atoms with van der Waals surface area (Å²) in [7, 11) is 1.69. The Morgan fingerprint density at radius 1 is 1.41 bits per heavy atom. The highest BCUT2D eigenvalue weighted by Gasteiger charge is 2.04. The van der Waals surface area contributed by atoms with Crippen molar-refractivity contribution in [3.05, 3.63) is 29.8 Å². The van der Waals surface area contributed by atoms with Crippen LogP contribution in [-0.4, -0.2) is 20.2 Å². The fourth-order valence-corrected chi connectivity index (χ4v) is 1.69. The Labute approximate surface area is 103 Å². The van der Waals surface area contributed by atoms with E-state index in [1.165, 1.54) is 5.56 Å². The predicted molar refractivity (Wildman–Crippen MR) is 69.0 cm³/mol. The summed E-state index contributed by atoms with van der Waals surface area (Å²) in [6, 6.07) is 10.3. The van der Waals surface area contributed by atoms with Gasteiger partial charge in [0.15, 0.2) is 0 Å². The van der Waals surface area contributed by atoms with Crippen molar-refractivity contribution in [1.82, 2.24) is 5.32 Å². The molecule has 0 fully saturated rings. The molecule has 1 rings (SSSR count). The molecular formula is C14H20N2O. The minimum Gasteiger partial charge on any atom is -0.496 e. The van der Waals surface area contributed by atoms with Crippen LogP contribution in [-0.2, 0) is 6.42 Å². The maximum absolute atomic E-state index is 8.81. The van der Waals surface area contributed by atoms with Crippen molar-refractivity contribution in [3.63, 3.8) is 0 Å². The van der Waals surface area contributed by atoms with E-state index in [0.29, 0.717) is 0 Å².